The third-order valence-corrected chi connectivity index (χ3v) is 4.90. The molecule has 4 nitrogen and oxygen atoms in total. The summed E-state index contributed by atoms with van der Waals surface area (Å²) in [5, 5.41) is 0. The smallest absolute Gasteiger partial charge is 0.175 e. The van der Waals surface area contributed by atoms with Gasteiger partial charge in [0.25, 0.3) is 0 Å². The Bertz CT molecular complexity index is 560. The molecule has 1 fully saturated rings. The molecule has 18 heavy (non-hydrogen) atoms. The monoisotopic (exact) mass is 269 g/mol. The van der Waals surface area contributed by atoms with Crippen molar-refractivity contribution in [3.8, 4) is 5.75 Å². The van der Waals surface area contributed by atoms with Crippen LogP contribution in [0, 0.1) is 0 Å². The number of sulfone groups is 1. The van der Waals surface area contributed by atoms with Gasteiger partial charge in [0.15, 0.2) is 9.84 Å². The van der Waals surface area contributed by atoms with E-state index in [1.165, 1.54) is 6.26 Å². The van der Waals surface area contributed by atoms with Gasteiger partial charge in [0, 0.05) is 23.3 Å². The molecule has 0 amide bonds. The van der Waals surface area contributed by atoms with Gasteiger partial charge in [0.1, 0.15) is 5.75 Å². The highest BCUT2D eigenvalue weighted by molar-refractivity contribution is 7.90. The average molecular weight is 269 g/mol. The lowest BCUT2D eigenvalue weighted by atomic mass is 9.88. The second-order valence-corrected chi connectivity index (χ2v) is 7.03. The number of hydrogen-bond donors (Lipinski definition) is 1. The highest BCUT2D eigenvalue weighted by Gasteiger charge is 2.51. The van der Waals surface area contributed by atoms with Crippen LogP contribution in [0.3, 0.4) is 0 Å². The van der Waals surface area contributed by atoms with Crippen molar-refractivity contribution in [1.29, 1.82) is 0 Å². The van der Waals surface area contributed by atoms with E-state index < -0.39 is 9.84 Å². The Hall–Kier alpha value is -1.07. The molecular weight excluding hydrogens is 250 g/mol. The van der Waals surface area contributed by atoms with Crippen molar-refractivity contribution in [3.63, 3.8) is 0 Å². The molecule has 100 valence electrons. The minimum atomic E-state index is -3.28. The zero-order valence-corrected chi connectivity index (χ0v) is 11.8. The lowest BCUT2D eigenvalue weighted by Crippen LogP contribution is -2.33. The average Bonchev–Trinajstić information content (AvgIpc) is 3.07. The van der Waals surface area contributed by atoms with Crippen LogP contribution in [-0.2, 0) is 15.3 Å². The predicted molar refractivity (Wildman–Crippen MR) is 70.7 cm³/mol. The zero-order chi connectivity index (χ0) is 13.6. The molecule has 5 heteroatoms. The molecule has 0 heterocycles. The fourth-order valence-electron chi connectivity index (χ4n) is 2.55. The summed E-state index contributed by atoms with van der Waals surface area (Å²) in [6.45, 7) is 1.92. The first kappa shape index (κ1) is 13.4. The molecule has 0 bridgehead atoms. The Balaban J connectivity index is 2.71. The summed E-state index contributed by atoms with van der Waals surface area (Å²) in [4.78, 5) is 0.344. The van der Waals surface area contributed by atoms with Gasteiger partial charge in [-0.3, -0.25) is 0 Å². The number of nitrogens with two attached hydrogens (primary N) is 1. The fourth-order valence-corrected chi connectivity index (χ4v) is 3.55. The van der Waals surface area contributed by atoms with Crippen molar-refractivity contribution in [2.24, 2.45) is 5.73 Å². The summed E-state index contributed by atoms with van der Waals surface area (Å²) >= 11 is 0. The van der Waals surface area contributed by atoms with Crippen LogP contribution in [0.15, 0.2) is 23.1 Å². The summed E-state index contributed by atoms with van der Waals surface area (Å²) < 4.78 is 29.2. The van der Waals surface area contributed by atoms with Crippen LogP contribution >= 0.6 is 0 Å². The van der Waals surface area contributed by atoms with E-state index in [1.807, 2.05) is 6.92 Å². The van der Waals surface area contributed by atoms with E-state index in [-0.39, 0.29) is 11.5 Å². The van der Waals surface area contributed by atoms with Crippen LogP contribution < -0.4 is 10.5 Å². The molecule has 1 saturated carbocycles. The minimum Gasteiger partial charge on any atom is -0.496 e. The van der Waals surface area contributed by atoms with Gasteiger partial charge in [0.05, 0.1) is 12.0 Å². The number of methoxy groups -OCH3 is 1. The van der Waals surface area contributed by atoms with Crippen LogP contribution in [0.25, 0.3) is 0 Å². The van der Waals surface area contributed by atoms with E-state index >= 15 is 0 Å². The van der Waals surface area contributed by atoms with Crippen molar-refractivity contribution in [2.75, 3.05) is 13.4 Å². The summed E-state index contributed by atoms with van der Waals surface area (Å²) in [6, 6.07) is 5.05. The third kappa shape index (κ3) is 2.01. The van der Waals surface area contributed by atoms with Gasteiger partial charge in [-0.15, -0.1) is 0 Å². The van der Waals surface area contributed by atoms with Crippen LogP contribution in [-0.4, -0.2) is 27.8 Å². The maximum atomic E-state index is 11.9. The Morgan fingerprint density at radius 2 is 2.00 bits per heavy atom. The molecule has 0 spiro atoms. The second-order valence-electron chi connectivity index (χ2n) is 5.05. The highest BCUT2D eigenvalue weighted by Crippen LogP contribution is 2.55. The van der Waals surface area contributed by atoms with Gasteiger partial charge in [-0.05, 0) is 31.9 Å². The number of rotatable bonds is 4. The van der Waals surface area contributed by atoms with Crippen molar-refractivity contribution in [2.45, 2.75) is 36.1 Å². The van der Waals surface area contributed by atoms with Crippen molar-refractivity contribution >= 4 is 9.84 Å². The molecule has 1 aromatic carbocycles. The highest BCUT2D eigenvalue weighted by atomic mass is 32.2. The topological polar surface area (TPSA) is 69.4 Å². The summed E-state index contributed by atoms with van der Waals surface area (Å²) in [7, 11) is -1.72. The molecule has 1 aliphatic rings. The molecule has 1 atom stereocenters. The number of benzene rings is 1. The van der Waals surface area contributed by atoms with Gasteiger partial charge in [-0.25, -0.2) is 8.42 Å². The first-order valence-electron chi connectivity index (χ1n) is 5.96. The Kier molecular flexibility index (Phi) is 3.15. The maximum Gasteiger partial charge on any atom is 0.175 e. The normalized spacial score (nSPS) is 19.3. The van der Waals surface area contributed by atoms with E-state index in [4.69, 9.17) is 10.5 Å². The van der Waals surface area contributed by atoms with Gasteiger partial charge < -0.3 is 10.5 Å². The first-order valence-corrected chi connectivity index (χ1v) is 7.85. The fraction of sp³-hybridized carbons (Fsp3) is 0.538. The lowest BCUT2D eigenvalue weighted by Gasteiger charge is -2.24. The summed E-state index contributed by atoms with van der Waals surface area (Å²) in [5.41, 5.74) is 6.56. The SMILES string of the molecule is COc1cccc(S(C)(=O)=O)c1C1(C(C)N)CC1. The Labute approximate surface area is 108 Å². The summed E-state index contributed by atoms with van der Waals surface area (Å²) in [6.07, 6.45) is 3.05. The van der Waals surface area contributed by atoms with Gasteiger partial charge >= 0.3 is 0 Å². The van der Waals surface area contributed by atoms with Crippen LogP contribution in [0.2, 0.25) is 0 Å². The molecule has 0 saturated heterocycles. The number of hydrogen-bond acceptors (Lipinski definition) is 4. The Morgan fingerprint density at radius 1 is 1.39 bits per heavy atom. The molecule has 2 rings (SSSR count). The van der Waals surface area contributed by atoms with Crippen molar-refractivity contribution in [1.82, 2.24) is 0 Å². The Morgan fingerprint density at radius 3 is 2.39 bits per heavy atom. The minimum absolute atomic E-state index is 0.0886. The standard InChI is InChI=1S/C13H19NO3S/c1-9(14)13(7-8-13)12-10(17-2)5-4-6-11(12)18(3,15)16/h4-6,9H,7-8,14H2,1-3H3. The third-order valence-electron chi connectivity index (χ3n) is 3.77. The molecular formula is C13H19NO3S. The van der Waals surface area contributed by atoms with Crippen LogP contribution in [0.4, 0.5) is 0 Å². The lowest BCUT2D eigenvalue weighted by molar-refractivity contribution is 0.395. The van der Waals surface area contributed by atoms with Crippen LogP contribution in [0.1, 0.15) is 25.3 Å². The van der Waals surface area contributed by atoms with Crippen molar-refractivity contribution in [3.05, 3.63) is 23.8 Å². The largest absolute Gasteiger partial charge is 0.496 e. The van der Waals surface area contributed by atoms with Crippen molar-refractivity contribution < 1.29 is 13.2 Å². The van der Waals surface area contributed by atoms with E-state index in [0.717, 1.165) is 18.4 Å². The summed E-state index contributed by atoms with van der Waals surface area (Å²) in [5.74, 6) is 0.618. The van der Waals surface area contributed by atoms with E-state index in [0.29, 0.717) is 10.6 Å². The second kappa shape index (κ2) is 4.24. The van der Waals surface area contributed by atoms with Gasteiger partial charge in [-0.1, -0.05) is 6.07 Å². The van der Waals surface area contributed by atoms with E-state index in [1.54, 1.807) is 25.3 Å². The zero-order valence-electron chi connectivity index (χ0n) is 10.9. The molecule has 2 N–H and O–H groups in total. The molecule has 0 aromatic heterocycles. The van der Waals surface area contributed by atoms with Gasteiger partial charge in [0.2, 0.25) is 0 Å². The number of ether oxygens (including phenoxy) is 1. The maximum absolute atomic E-state index is 11.9. The van der Waals surface area contributed by atoms with Gasteiger partial charge in [-0.2, -0.15) is 0 Å². The van der Waals surface area contributed by atoms with E-state index in [2.05, 4.69) is 0 Å². The van der Waals surface area contributed by atoms with E-state index in [9.17, 15) is 8.42 Å². The predicted octanol–water partition coefficient (Wildman–Crippen LogP) is 1.48. The molecule has 0 radical (unpaired) electrons. The molecule has 1 aliphatic carbocycles. The first-order chi connectivity index (χ1) is 8.33. The quantitative estimate of drug-likeness (QED) is 0.899. The van der Waals surface area contributed by atoms with Crippen LogP contribution in [0.5, 0.6) is 5.75 Å². The molecule has 1 unspecified atom stereocenters. The molecule has 0 aliphatic heterocycles. The molecule has 1 aromatic rings.